The van der Waals surface area contributed by atoms with Crippen LogP contribution in [0.3, 0.4) is 0 Å². The molecule has 0 saturated carbocycles. The molecular formula is C40H44FN9O6. The van der Waals surface area contributed by atoms with Crippen LogP contribution in [-0.4, -0.2) is 62.5 Å². The Kier molecular flexibility index (Phi) is 13.7. The number of hydrogen-bond acceptors (Lipinski definition) is 9. The number of rotatable bonds is 12. The third-order valence-electron chi connectivity index (χ3n) is 7.81. The van der Waals surface area contributed by atoms with Crippen LogP contribution >= 0.6 is 0 Å². The van der Waals surface area contributed by atoms with E-state index >= 15 is 0 Å². The lowest BCUT2D eigenvalue weighted by molar-refractivity contribution is 0.0616. The molecule has 6 rings (SSSR count). The molecule has 0 aliphatic rings. The molecule has 0 radical (unpaired) electrons. The van der Waals surface area contributed by atoms with Crippen LogP contribution in [-0.2, 0) is 21.5 Å². The lowest BCUT2D eigenvalue weighted by Crippen LogP contribution is -2.21. The van der Waals surface area contributed by atoms with E-state index in [-0.39, 0.29) is 22.9 Å². The lowest BCUT2D eigenvalue weighted by atomic mass is 9.92. The second-order valence-corrected chi connectivity index (χ2v) is 13.3. The fraction of sp³-hybridized carbons (Fsp3) is 0.225. The highest BCUT2D eigenvalue weighted by atomic mass is 19.1. The predicted molar refractivity (Wildman–Crippen MR) is 211 cm³/mol. The second kappa shape index (κ2) is 19.0. The fourth-order valence-corrected chi connectivity index (χ4v) is 4.92. The molecule has 0 spiro atoms. The number of H-pyrrole nitrogens is 1. The van der Waals surface area contributed by atoms with E-state index in [0.29, 0.717) is 48.6 Å². The van der Waals surface area contributed by atoms with Crippen molar-refractivity contribution in [3.8, 4) is 22.9 Å². The van der Waals surface area contributed by atoms with Gasteiger partial charge in [0, 0.05) is 60.1 Å². The van der Waals surface area contributed by atoms with Gasteiger partial charge in [-0.05, 0) is 67.1 Å². The van der Waals surface area contributed by atoms with Crippen LogP contribution in [0, 0.1) is 12.7 Å². The highest BCUT2D eigenvalue weighted by molar-refractivity contribution is 6.00. The number of urea groups is 2. The number of phenols is 1. The van der Waals surface area contributed by atoms with Crippen molar-refractivity contribution in [1.82, 2.24) is 25.0 Å². The van der Waals surface area contributed by atoms with Crippen LogP contribution in [0.2, 0.25) is 0 Å². The van der Waals surface area contributed by atoms with Gasteiger partial charge >= 0.3 is 12.1 Å². The second-order valence-electron chi connectivity index (χ2n) is 13.3. The van der Waals surface area contributed by atoms with Crippen molar-refractivity contribution in [3.05, 3.63) is 126 Å². The summed E-state index contributed by atoms with van der Waals surface area (Å²) in [6, 6.07) is 24.5. The van der Waals surface area contributed by atoms with Crippen molar-refractivity contribution in [1.29, 1.82) is 0 Å². The number of nitrogens with zero attached hydrogens (tertiary/aromatic N) is 4. The maximum atomic E-state index is 13.5. The van der Waals surface area contributed by atoms with Gasteiger partial charge in [0.05, 0.1) is 37.4 Å². The van der Waals surface area contributed by atoms with Crippen molar-refractivity contribution in [2.24, 2.45) is 0 Å². The number of benzene rings is 3. The molecule has 0 saturated heterocycles. The number of amides is 4. The number of aromatic nitrogens is 5. The molecule has 3 aromatic heterocycles. The van der Waals surface area contributed by atoms with Gasteiger partial charge < -0.3 is 30.0 Å². The molecule has 4 amide bonds. The van der Waals surface area contributed by atoms with Gasteiger partial charge in [-0.3, -0.25) is 20.7 Å². The highest BCUT2D eigenvalue weighted by Gasteiger charge is 2.18. The topological polar surface area (TPSA) is 190 Å². The van der Waals surface area contributed by atoms with E-state index < -0.39 is 11.8 Å². The maximum absolute atomic E-state index is 13.5. The summed E-state index contributed by atoms with van der Waals surface area (Å²) in [6.45, 7) is 9.54. The van der Waals surface area contributed by atoms with Gasteiger partial charge in [-0.1, -0.05) is 32.9 Å². The number of methoxy groups -OCH3 is 1. The monoisotopic (exact) mass is 765 g/mol. The number of aromatic hydroxyl groups is 1. The molecule has 6 aromatic rings. The molecule has 0 unspecified atom stereocenters. The first-order valence-electron chi connectivity index (χ1n) is 17.5. The van der Waals surface area contributed by atoms with Gasteiger partial charge in [0.15, 0.2) is 5.82 Å². The van der Waals surface area contributed by atoms with Crippen LogP contribution in [0.5, 0.6) is 17.2 Å². The molecular weight excluding hydrogens is 721 g/mol. The smallest absolute Gasteiger partial charge is 0.324 e. The quantitative estimate of drug-likeness (QED) is 0.0525. The summed E-state index contributed by atoms with van der Waals surface area (Å²) in [4.78, 5) is 28.5. The molecule has 0 atom stereocenters. The molecule has 0 aliphatic carbocycles. The summed E-state index contributed by atoms with van der Waals surface area (Å²) >= 11 is 0. The van der Waals surface area contributed by atoms with Crippen molar-refractivity contribution in [2.45, 2.75) is 39.7 Å². The Labute approximate surface area is 323 Å². The largest absolute Gasteiger partial charge is 0.508 e. The Morgan fingerprint density at radius 3 is 2.27 bits per heavy atom. The molecule has 16 heteroatoms. The van der Waals surface area contributed by atoms with Crippen LogP contribution in [0.4, 0.5) is 37.0 Å². The Bertz CT molecular complexity index is 2200. The minimum Gasteiger partial charge on any atom is -0.508 e. The zero-order valence-corrected chi connectivity index (χ0v) is 31.6. The Morgan fingerprint density at radius 2 is 1.59 bits per heavy atom. The summed E-state index contributed by atoms with van der Waals surface area (Å²) in [5.41, 5.74) is 4.08. The highest BCUT2D eigenvalue weighted by Crippen LogP contribution is 2.25. The van der Waals surface area contributed by atoms with Gasteiger partial charge in [-0.15, -0.1) is 0 Å². The SMILES string of the molecule is CC(C)(C)c1cc(NC(=O)Nc2ccc(O)cc2F)n[nH]1.COCCOCc1ccc(-n2nccc2NC(=O)Nc2ccc(Oc3ccnc(C)c3)cc2)cc1. The van der Waals surface area contributed by atoms with Crippen molar-refractivity contribution in [2.75, 3.05) is 41.6 Å². The molecule has 0 fully saturated rings. The van der Waals surface area contributed by atoms with Gasteiger partial charge in [-0.25, -0.2) is 18.7 Å². The maximum Gasteiger partial charge on any atom is 0.324 e. The zero-order chi connectivity index (χ0) is 40.1. The van der Waals surface area contributed by atoms with Gasteiger partial charge in [0.25, 0.3) is 0 Å². The van der Waals surface area contributed by atoms with E-state index in [9.17, 15) is 14.0 Å². The van der Waals surface area contributed by atoms with E-state index in [4.69, 9.17) is 19.3 Å². The van der Waals surface area contributed by atoms with Crippen molar-refractivity contribution < 1.29 is 33.3 Å². The summed E-state index contributed by atoms with van der Waals surface area (Å²) in [5, 5.41) is 30.7. The average molecular weight is 766 g/mol. The van der Waals surface area contributed by atoms with Gasteiger partial charge in [0.1, 0.15) is 28.9 Å². The average Bonchev–Trinajstić information content (AvgIpc) is 3.83. The number of aryl methyl sites for hydroxylation is 1. The summed E-state index contributed by atoms with van der Waals surface area (Å²) in [6.07, 6.45) is 3.33. The molecule has 292 valence electrons. The molecule has 56 heavy (non-hydrogen) atoms. The number of anilines is 4. The fourth-order valence-electron chi connectivity index (χ4n) is 4.92. The minimum atomic E-state index is -0.720. The van der Waals surface area contributed by atoms with Crippen molar-refractivity contribution in [3.63, 3.8) is 0 Å². The normalized spacial score (nSPS) is 10.9. The number of carbonyl (C=O) groups excluding carboxylic acids is 2. The first-order valence-corrected chi connectivity index (χ1v) is 17.5. The number of aromatic amines is 1. The number of phenolic OH excluding ortho intramolecular Hbond substituents is 1. The third kappa shape index (κ3) is 12.1. The van der Waals surface area contributed by atoms with E-state index in [1.807, 2.05) is 58.0 Å². The third-order valence-corrected chi connectivity index (χ3v) is 7.81. The minimum absolute atomic E-state index is 0.0307. The number of ether oxygens (including phenoxy) is 3. The molecule has 15 nitrogen and oxygen atoms in total. The van der Waals surface area contributed by atoms with Crippen LogP contribution in [0.15, 0.2) is 103 Å². The van der Waals surface area contributed by atoms with E-state index in [1.54, 1.807) is 66.6 Å². The van der Waals surface area contributed by atoms with Crippen molar-refractivity contribution >= 4 is 35.1 Å². The summed E-state index contributed by atoms with van der Waals surface area (Å²) in [7, 11) is 1.64. The molecule has 0 bridgehead atoms. The molecule has 0 aliphatic heterocycles. The summed E-state index contributed by atoms with van der Waals surface area (Å²) < 4.78 is 31.5. The predicted octanol–water partition coefficient (Wildman–Crippen LogP) is 8.37. The van der Waals surface area contributed by atoms with Crippen LogP contribution in [0.1, 0.15) is 37.7 Å². The molecule has 3 heterocycles. The standard InChI is InChI=1S/C26H27N5O4.C14H17FN4O2/c1-19-17-24(11-13-27-19)35-23-9-5-21(6-10-23)29-26(32)30-25-12-14-28-31(25)22-7-3-20(4-8-22)18-34-16-15-33-2;1-14(2,3)11-7-12(19-18-11)17-13(21)16-10-5-4-8(20)6-9(10)15/h3-14,17H,15-16,18H2,1-2H3,(H2,29,30,32);4-7,20H,1-3H3,(H3,16,17,18,19,21). The zero-order valence-electron chi connectivity index (χ0n) is 31.6. The van der Waals surface area contributed by atoms with Gasteiger partial charge in [0.2, 0.25) is 0 Å². The molecule has 3 aromatic carbocycles. The Hall–Kier alpha value is -6.78. The Balaban J connectivity index is 0.000000244. The van der Waals surface area contributed by atoms with Gasteiger partial charge in [-0.2, -0.15) is 10.2 Å². The number of pyridine rings is 1. The molecule has 6 N–H and O–H groups in total. The first kappa shape index (κ1) is 40.4. The lowest BCUT2D eigenvalue weighted by Gasteiger charge is -2.14. The van der Waals surface area contributed by atoms with Crippen LogP contribution < -0.4 is 26.0 Å². The number of hydrogen-bond donors (Lipinski definition) is 6. The summed E-state index contributed by atoms with van der Waals surface area (Å²) in [5.74, 6) is 1.32. The van der Waals surface area contributed by atoms with E-state index in [0.717, 1.165) is 28.7 Å². The van der Waals surface area contributed by atoms with E-state index in [1.165, 1.54) is 12.1 Å². The Morgan fingerprint density at radius 1 is 0.839 bits per heavy atom. The first-order chi connectivity index (χ1) is 26.9. The number of nitrogens with one attached hydrogen (secondary N) is 5. The van der Waals surface area contributed by atoms with E-state index in [2.05, 4.69) is 41.5 Å². The number of halogens is 1. The van der Waals surface area contributed by atoms with Crippen LogP contribution in [0.25, 0.3) is 5.69 Å². The number of carbonyl (C=O) groups is 2.